The van der Waals surface area contributed by atoms with Crippen LogP contribution in [-0.2, 0) is 16.8 Å². The van der Waals surface area contributed by atoms with Crippen LogP contribution in [0, 0.1) is 0 Å². The molecule has 0 aliphatic heterocycles. The SMILES string of the molecule is FC(F)F.[Co+3]. The van der Waals surface area contributed by atoms with E-state index in [4.69, 9.17) is 0 Å². The maximum atomic E-state index is 9.67. The van der Waals surface area contributed by atoms with Gasteiger partial charge in [-0.1, -0.05) is 0 Å². The van der Waals surface area contributed by atoms with Gasteiger partial charge in [-0.25, -0.2) is 0 Å². The van der Waals surface area contributed by atoms with Crippen molar-refractivity contribution in [2.75, 3.05) is 0 Å². The Morgan fingerprint density at radius 2 is 1.00 bits per heavy atom. The van der Waals surface area contributed by atoms with E-state index in [-0.39, 0.29) is 16.8 Å². The van der Waals surface area contributed by atoms with Gasteiger partial charge in [0, 0.05) is 0 Å². The van der Waals surface area contributed by atoms with Gasteiger partial charge >= 0.3 is 23.5 Å². The summed E-state index contributed by atoms with van der Waals surface area (Å²) >= 11 is 0. The Kier molecular flexibility index (Phi) is 7.73. The standard InChI is InChI=1S/CHF3.Co/c2-1(3)4;/h1H;/q;+3. The van der Waals surface area contributed by atoms with E-state index in [2.05, 4.69) is 0 Å². The average Bonchev–Trinajstić information content (AvgIpc) is 0.811. The fourth-order valence-corrected chi connectivity index (χ4v) is 0. The van der Waals surface area contributed by atoms with Crippen LogP contribution in [0.25, 0.3) is 0 Å². The second kappa shape index (κ2) is 4.30. The quantitative estimate of drug-likeness (QED) is 0.460. The molecule has 0 saturated heterocycles. The van der Waals surface area contributed by atoms with Crippen molar-refractivity contribution in [1.29, 1.82) is 0 Å². The summed E-state index contributed by atoms with van der Waals surface area (Å²) in [5.74, 6) is 0. The van der Waals surface area contributed by atoms with E-state index >= 15 is 0 Å². The molecule has 0 N–H and O–H groups in total. The summed E-state index contributed by atoms with van der Waals surface area (Å²) in [7, 11) is 0. The normalized spacial score (nSPS) is 7.20. The Hall–Kier alpha value is 0.296. The number of rotatable bonds is 0. The van der Waals surface area contributed by atoms with Gasteiger partial charge in [-0.05, 0) is 0 Å². The molecule has 0 nitrogen and oxygen atoms in total. The van der Waals surface area contributed by atoms with Crippen LogP contribution in [0.1, 0.15) is 0 Å². The van der Waals surface area contributed by atoms with Crippen LogP contribution in [0.15, 0.2) is 0 Å². The average molecular weight is 129 g/mol. The van der Waals surface area contributed by atoms with E-state index < -0.39 is 6.68 Å². The summed E-state index contributed by atoms with van der Waals surface area (Å²) in [5, 5.41) is 0. The summed E-state index contributed by atoms with van der Waals surface area (Å²) in [5.41, 5.74) is 0. The van der Waals surface area contributed by atoms with Crippen molar-refractivity contribution in [1.82, 2.24) is 0 Å². The second-order valence-corrected chi connectivity index (χ2v) is 0.247. The molecule has 0 aliphatic rings. The maximum absolute atomic E-state index is 9.67. The second-order valence-electron chi connectivity index (χ2n) is 0.247. The van der Waals surface area contributed by atoms with E-state index in [1.165, 1.54) is 0 Å². The van der Waals surface area contributed by atoms with E-state index in [1.807, 2.05) is 0 Å². The first-order valence-corrected chi connectivity index (χ1v) is 0.655. The minimum Gasteiger partial charge on any atom is -0.174 e. The molecule has 0 heterocycles. The first-order chi connectivity index (χ1) is 1.73. The molecule has 5 heavy (non-hydrogen) atoms. The molecule has 0 unspecified atom stereocenters. The molecule has 0 saturated carbocycles. The molecule has 0 atom stereocenters. The van der Waals surface area contributed by atoms with Crippen molar-refractivity contribution >= 4 is 0 Å². The number of alkyl halides is 3. The fourth-order valence-electron chi connectivity index (χ4n) is 0. The Bertz CT molecular complexity index is 11.6. The Balaban J connectivity index is 0. The molecule has 0 aromatic rings. The molecule has 0 rings (SSSR count). The fraction of sp³-hybridized carbons (Fsp3) is 1.00. The Morgan fingerprint density at radius 3 is 1.00 bits per heavy atom. The van der Waals surface area contributed by atoms with E-state index in [0.717, 1.165) is 0 Å². The van der Waals surface area contributed by atoms with Crippen LogP contribution in [0.4, 0.5) is 13.2 Å². The monoisotopic (exact) mass is 129 g/mol. The van der Waals surface area contributed by atoms with E-state index in [9.17, 15) is 13.2 Å². The molecule has 0 spiro atoms. The van der Waals surface area contributed by atoms with Gasteiger partial charge in [0.1, 0.15) is 0 Å². The van der Waals surface area contributed by atoms with E-state index in [0.29, 0.717) is 0 Å². The predicted molar refractivity (Wildman–Crippen MR) is 7.11 cm³/mol. The third-order valence-corrected chi connectivity index (χ3v) is 0. The zero-order valence-electron chi connectivity index (χ0n) is 2.04. The summed E-state index contributed by atoms with van der Waals surface area (Å²) in [6, 6.07) is 0. The van der Waals surface area contributed by atoms with Crippen molar-refractivity contribution in [3.63, 3.8) is 0 Å². The van der Waals surface area contributed by atoms with Gasteiger partial charge in [-0.15, -0.1) is 0 Å². The molecule has 0 aliphatic carbocycles. The summed E-state index contributed by atoms with van der Waals surface area (Å²) in [6.07, 6.45) is 0. The van der Waals surface area contributed by atoms with Crippen LogP contribution < -0.4 is 0 Å². The van der Waals surface area contributed by atoms with Gasteiger partial charge in [-0.2, -0.15) is 13.2 Å². The Morgan fingerprint density at radius 1 is 1.00 bits per heavy atom. The smallest absolute Gasteiger partial charge is 0.174 e. The van der Waals surface area contributed by atoms with Crippen LogP contribution >= 0.6 is 0 Å². The summed E-state index contributed by atoms with van der Waals surface area (Å²) in [4.78, 5) is 0. The molecule has 0 aromatic carbocycles. The van der Waals surface area contributed by atoms with Crippen LogP contribution in [0.2, 0.25) is 0 Å². The molecule has 0 fully saturated rings. The third kappa shape index (κ3) is 258. The van der Waals surface area contributed by atoms with Crippen molar-refractivity contribution in [2.24, 2.45) is 0 Å². The third-order valence-electron chi connectivity index (χ3n) is 0. The molecule has 0 bridgehead atoms. The van der Waals surface area contributed by atoms with Gasteiger partial charge in [0.05, 0.1) is 0 Å². The largest absolute Gasteiger partial charge is 3.00 e. The van der Waals surface area contributed by atoms with Gasteiger partial charge in [0.25, 0.3) is 0 Å². The molecule has 4 heteroatoms. The van der Waals surface area contributed by atoms with Gasteiger partial charge in [0.15, 0.2) is 0 Å². The minimum absolute atomic E-state index is 0. The van der Waals surface area contributed by atoms with Crippen molar-refractivity contribution in [3.05, 3.63) is 0 Å². The zero-order chi connectivity index (χ0) is 3.58. The number of hydrogen-bond acceptors (Lipinski definition) is 0. The van der Waals surface area contributed by atoms with Gasteiger partial charge in [-0.3, -0.25) is 0 Å². The molecular weight excluding hydrogens is 128 g/mol. The summed E-state index contributed by atoms with van der Waals surface area (Å²) < 4.78 is 29.0. The summed E-state index contributed by atoms with van der Waals surface area (Å²) in [6.45, 7) is -3.67. The first kappa shape index (κ1) is 9.00. The van der Waals surface area contributed by atoms with Crippen molar-refractivity contribution in [3.8, 4) is 0 Å². The topological polar surface area (TPSA) is 0 Å². The number of halogens is 3. The molecule has 32 valence electrons. The number of hydrogen-bond donors (Lipinski definition) is 0. The van der Waals surface area contributed by atoms with Crippen LogP contribution in [0.5, 0.6) is 0 Å². The van der Waals surface area contributed by atoms with Crippen LogP contribution in [-0.4, -0.2) is 6.68 Å². The van der Waals surface area contributed by atoms with Gasteiger partial charge < -0.3 is 0 Å². The maximum Gasteiger partial charge on any atom is 3.00 e. The first-order valence-electron chi connectivity index (χ1n) is 0.655. The molecule has 0 amide bonds. The molecule has 0 aromatic heterocycles. The van der Waals surface area contributed by atoms with Crippen LogP contribution in [0.3, 0.4) is 0 Å². The molecule has 0 radical (unpaired) electrons. The predicted octanol–water partition coefficient (Wildman–Crippen LogP) is 1.18. The van der Waals surface area contributed by atoms with Crippen molar-refractivity contribution in [2.45, 2.75) is 6.68 Å². The molecular formula is CHCoF3+3. The minimum atomic E-state index is -3.67. The van der Waals surface area contributed by atoms with Gasteiger partial charge in [0.2, 0.25) is 0 Å². The van der Waals surface area contributed by atoms with Crippen molar-refractivity contribution < 1.29 is 30.0 Å². The zero-order valence-corrected chi connectivity index (χ0v) is 3.09. The Labute approximate surface area is 37.6 Å². The van der Waals surface area contributed by atoms with E-state index in [1.54, 1.807) is 0 Å².